The predicted octanol–water partition coefficient (Wildman–Crippen LogP) is 2.93. The van der Waals surface area contributed by atoms with E-state index in [-0.39, 0.29) is 12.5 Å². The third-order valence-corrected chi connectivity index (χ3v) is 3.59. The van der Waals surface area contributed by atoms with Crippen molar-refractivity contribution in [1.29, 1.82) is 0 Å². The Kier molecular flexibility index (Phi) is 4.37. The van der Waals surface area contributed by atoms with E-state index in [1.54, 1.807) is 0 Å². The predicted molar refractivity (Wildman–Crippen MR) is 71.4 cm³/mol. The lowest BCUT2D eigenvalue weighted by atomic mass is 10.0. The molecule has 2 rings (SSSR count). The van der Waals surface area contributed by atoms with Gasteiger partial charge in [0.05, 0.1) is 6.42 Å². The van der Waals surface area contributed by atoms with Crippen molar-refractivity contribution in [2.75, 3.05) is 13.1 Å². The fourth-order valence-corrected chi connectivity index (χ4v) is 2.41. The van der Waals surface area contributed by atoms with E-state index >= 15 is 0 Å². The molecular formula is C15H21NO2. The van der Waals surface area contributed by atoms with Crippen LogP contribution in [0, 0.1) is 5.92 Å². The summed E-state index contributed by atoms with van der Waals surface area (Å²) in [6.07, 6.45) is 2.78. The number of hydrogen-bond donors (Lipinski definition) is 1. The molecule has 0 amide bonds. The molecule has 0 radical (unpaired) electrons. The highest BCUT2D eigenvalue weighted by atomic mass is 16.4. The van der Waals surface area contributed by atoms with Crippen LogP contribution in [0.2, 0.25) is 0 Å². The van der Waals surface area contributed by atoms with Gasteiger partial charge < -0.3 is 5.11 Å². The second-order valence-electron chi connectivity index (χ2n) is 5.06. The first kappa shape index (κ1) is 13.1. The van der Waals surface area contributed by atoms with Gasteiger partial charge in [0.2, 0.25) is 0 Å². The van der Waals surface area contributed by atoms with Crippen molar-refractivity contribution in [1.82, 2.24) is 4.90 Å². The van der Waals surface area contributed by atoms with Crippen molar-refractivity contribution in [3.05, 3.63) is 35.9 Å². The molecule has 1 atom stereocenters. The summed E-state index contributed by atoms with van der Waals surface area (Å²) in [7, 11) is 0. The number of carbonyl (C=O) groups is 1. The number of nitrogens with zero attached hydrogens (tertiary/aromatic N) is 1. The van der Waals surface area contributed by atoms with Gasteiger partial charge in [-0.25, -0.2) is 0 Å². The van der Waals surface area contributed by atoms with Gasteiger partial charge in [0.15, 0.2) is 0 Å². The maximum Gasteiger partial charge on any atom is 0.305 e. The number of benzene rings is 1. The molecule has 3 nitrogen and oxygen atoms in total. The molecule has 1 N–H and O–H groups in total. The van der Waals surface area contributed by atoms with Crippen LogP contribution < -0.4 is 0 Å². The van der Waals surface area contributed by atoms with E-state index in [9.17, 15) is 4.79 Å². The van der Waals surface area contributed by atoms with Crippen LogP contribution in [0.25, 0.3) is 0 Å². The van der Waals surface area contributed by atoms with Crippen LogP contribution in [0.4, 0.5) is 0 Å². The lowest BCUT2D eigenvalue weighted by molar-refractivity contribution is -0.138. The van der Waals surface area contributed by atoms with E-state index < -0.39 is 5.97 Å². The van der Waals surface area contributed by atoms with Crippen molar-refractivity contribution in [3.8, 4) is 0 Å². The van der Waals surface area contributed by atoms with Gasteiger partial charge >= 0.3 is 5.97 Å². The summed E-state index contributed by atoms with van der Waals surface area (Å²) in [6, 6.07) is 10.0. The normalized spacial score (nSPS) is 16.8. The van der Waals surface area contributed by atoms with Crippen molar-refractivity contribution in [3.63, 3.8) is 0 Å². The largest absolute Gasteiger partial charge is 0.481 e. The monoisotopic (exact) mass is 247 g/mol. The van der Waals surface area contributed by atoms with Gasteiger partial charge in [-0.1, -0.05) is 37.3 Å². The maximum atomic E-state index is 11.1. The fraction of sp³-hybridized carbons (Fsp3) is 0.533. The van der Waals surface area contributed by atoms with Gasteiger partial charge in [0.25, 0.3) is 0 Å². The Bertz CT molecular complexity index is 387. The van der Waals surface area contributed by atoms with Crippen molar-refractivity contribution in [2.24, 2.45) is 5.92 Å². The second kappa shape index (κ2) is 6.01. The topological polar surface area (TPSA) is 40.5 Å². The standard InChI is InChI=1S/C15H21NO2/c1-2-16(11-12-8-9-12)14(10-15(17)18)13-6-4-3-5-7-13/h3-7,12,14H,2,8-11H2,1H3,(H,17,18). The van der Waals surface area contributed by atoms with Crippen LogP contribution in [-0.2, 0) is 4.79 Å². The molecule has 98 valence electrons. The van der Waals surface area contributed by atoms with Crippen molar-refractivity contribution < 1.29 is 9.90 Å². The first-order chi connectivity index (χ1) is 8.70. The zero-order valence-electron chi connectivity index (χ0n) is 10.9. The van der Waals surface area contributed by atoms with Gasteiger partial charge in [-0.15, -0.1) is 0 Å². The summed E-state index contributed by atoms with van der Waals surface area (Å²) in [5.74, 6) is 0.0584. The third-order valence-electron chi connectivity index (χ3n) is 3.59. The number of carboxylic acid groups (broad SMARTS) is 1. The summed E-state index contributed by atoms with van der Waals surface area (Å²) in [5, 5.41) is 9.11. The molecule has 1 fully saturated rings. The Morgan fingerprint density at radius 3 is 2.56 bits per heavy atom. The average Bonchev–Trinajstić information content (AvgIpc) is 3.18. The van der Waals surface area contributed by atoms with Crippen LogP contribution in [0.3, 0.4) is 0 Å². The maximum absolute atomic E-state index is 11.1. The zero-order chi connectivity index (χ0) is 13.0. The van der Waals surface area contributed by atoms with E-state index in [0.29, 0.717) is 0 Å². The molecule has 1 aromatic carbocycles. The van der Waals surface area contributed by atoms with Gasteiger partial charge in [0.1, 0.15) is 0 Å². The van der Waals surface area contributed by atoms with Crippen LogP contribution in [-0.4, -0.2) is 29.1 Å². The molecule has 0 heterocycles. The quantitative estimate of drug-likeness (QED) is 0.805. The summed E-state index contributed by atoms with van der Waals surface area (Å²) < 4.78 is 0. The number of rotatable bonds is 7. The molecule has 1 aliphatic rings. The SMILES string of the molecule is CCN(CC1CC1)C(CC(=O)O)c1ccccc1. The zero-order valence-corrected chi connectivity index (χ0v) is 10.9. The van der Waals surface area contributed by atoms with Gasteiger partial charge in [-0.3, -0.25) is 9.69 Å². The molecule has 1 aliphatic carbocycles. The molecule has 0 aromatic heterocycles. The first-order valence-electron chi connectivity index (χ1n) is 6.71. The van der Waals surface area contributed by atoms with E-state index in [1.807, 2.05) is 30.3 Å². The number of aliphatic carboxylic acids is 1. The van der Waals surface area contributed by atoms with E-state index in [4.69, 9.17) is 5.11 Å². The van der Waals surface area contributed by atoms with Crippen LogP contribution in [0.1, 0.15) is 37.8 Å². The molecule has 0 saturated heterocycles. The summed E-state index contributed by atoms with van der Waals surface area (Å²) in [6.45, 7) is 4.05. The van der Waals surface area contributed by atoms with Crippen LogP contribution in [0.5, 0.6) is 0 Å². The average molecular weight is 247 g/mol. The minimum absolute atomic E-state index is 0.00861. The number of carboxylic acids is 1. The van der Waals surface area contributed by atoms with E-state index in [0.717, 1.165) is 24.6 Å². The molecule has 18 heavy (non-hydrogen) atoms. The lowest BCUT2D eigenvalue weighted by Crippen LogP contribution is -2.32. The third kappa shape index (κ3) is 3.57. The highest BCUT2D eigenvalue weighted by Crippen LogP contribution is 2.33. The molecular weight excluding hydrogens is 226 g/mol. The number of hydrogen-bond acceptors (Lipinski definition) is 2. The van der Waals surface area contributed by atoms with Crippen LogP contribution >= 0.6 is 0 Å². The minimum Gasteiger partial charge on any atom is -0.481 e. The van der Waals surface area contributed by atoms with Crippen LogP contribution in [0.15, 0.2) is 30.3 Å². The summed E-state index contributed by atoms with van der Waals surface area (Å²) in [5.41, 5.74) is 1.11. The molecule has 3 heteroatoms. The van der Waals surface area contributed by atoms with Gasteiger partial charge in [-0.2, -0.15) is 0 Å². The Morgan fingerprint density at radius 1 is 1.39 bits per heavy atom. The smallest absolute Gasteiger partial charge is 0.305 e. The van der Waals surface area contributed by atoms with Crippen molar-refractivity contribution in [2.45, 2.75) is 32.2 Å². The minimum atomic E-state index is -0.724. The van der Waals surface area contributed by atoms with Gasteiger partial charge in [0, 0.05) is 12.6 Å². The highest BCUT2D eigenvalue weighted by molar-refractivity contribution is 5.67. The first-order valence-corrected chi connectivity index (χ1v) is 6.71. The molecule has 1 aromatic rings. The molecule has 1 saturated carbocycles. The van der Waals surface area contributed by atoms with Crippen molar-refractivity contribution >= 4 is 5.97 Å². The van der Waals surface area contributed by atoms with E-state index in [2.05, 4.69) is 11.8 Å². The van der Waals surface area contributed by atoms with Gasteiger partial charge in [-0.05, 0) is 30.9 Å². The highest BCUT2D eigenvalue weighted by Gasteiger charge is 2.29. The van der Waals surface area contributed by atoms with E-state index in [1.165, 1.54) is 12.8 Å². The summed E-state index contributed by atoms with van der Waals surface area (Å²) in [4.78, 5) is 13.4. The molecule has 1 unspecified atom stereocenters. The Balaban J connectivity index is 2.14. The fourth-order valence-electron chi connectivity index (χ4n) is 2.41. The lowest BCUT2D eigenvalue weighted by Gasteiger charge is -2.30. The second-order valence-corrected chi connectivity index (χ2v) is 5.06. The Hall–Kier alpha value is -1.35. The molecule has 0 spiro atoms. The Labute approximate surface area is 108 Å². The summed E-state index contributed by atoms with van der Waals surface area (Å²) >= 11 is 0. The molecule has 0 bridgehead atoms. The Morgan fingerprint density at radius 2 is 2.06 bits per heavy atom. The molecule has 0 aliphatic heterocycles.